The van der Waals surface area contributed by atoms with E-state index >= 15 is 8.78 Å². The van der Waals surface area contributed by atoms with Crippen molar-refractivity contribution >= 4 is 23.1 Å². The second-order valence-corrected chi connectivity index (χ2v) is 22.1. The Balaban J connectivity index is 0.000000160. The molecule has 0 aromatic heterocycles. The molecular formula is C49H64F2O12. The zero-order valence-electron chi connectivity index (χ0n) is 37.9. The third kappa shape index (κ3) is 5.46. The number of hydrogen-bond donors (Lipinski definition) is 3. The molecule has 0 aromatic rings. The van der Waals surface area contributed by atoms with Gasteiger partial charge in [-0.15, -0.1) is 0 Å². The van der Waals surface area contributed by atoms with Crippen molar-refractivity contribution in [2.24, 2.45) is 45.3 Å². The van der Waals surface area contributed by atoms with Crippen molar-refractivity contribution in [1.29, 1.82) is 0 Å². The van der Waals surface area contributed by atoms with E-state index in [1.807, 2.05) is 13.8 Å². The molecule has 2 saturated heterocycles. The first-order chi connectivity index (χ1) is 29.2. The molecular weight excluding hydrogens is 819 g/mol. The summed E-state index contributed by atoms with van der Waals surface area (Å²) in [6.45, 7) is 13.6. The van der Waals surface area contributed by atoms with Gasteiger partial charge in [0.2, 0.25) is 0 Å². The number of halogens is 2. The van der Waals surface area contributed by atoms with Crippen molar-refractivity contribution in [3.05, 3.63) is 47.6 Å². The molecule has 0 aromatic carbocycles. The summed E-state index contributed by atoms with van der Waals surface area (Å²) >= 11 is 0. The molecule has 2 heterocycles. The molecule has 10 rings (SSSR count). The minimum Gasteiger partial charge on any atom is -0.390 e. The van der Waals surface area contributed by atoms with Gasteiger partial charge < -0.3 is 39.0 Å². The molecule has 12 nitrogen and oxygen atoms in total. The summed E-state index contributed by atoms with van der Waals surface area (Å²) in [7, 11) is 1.47. The Kier molecular flexibility index (Phi) is 9.98. The molecule has 0 spiro atoms. The molecule has 0 bridgehead atoms. The number of allylic oxidation sites excluding steroid dienone is 8. The third-order valence-corrected chi connectivity index (χ3v) is 18.5. The number of rotatable bonds is 5. The molecule has 6 saturated carbocycles. The first-order valence-corrected chi connectivity index (χ1v) is 22.8. The number of fused-ring (bicyclic) bond motifs is 14. The van der Waals surface area contributed by atoms with Crippen molar-refractivity contribution in [3.8, 4) is 0 Å². The number of alkyl halides is 2. The van der Waals surface area contributed by atoms with E-state index in [9.17, 15) is 34.5 Å². The van der Waals surface area contributed by atoms with Crippen molar-refractivity contribution in [3.63, 3.8) is 0 Å². The lowest BCUT2D eigenvalue weighted by molar-refractivity contribution is -0.246. The van der Waals surface area contributed by atoms with Gasteiger partial charge >= 0.3 is 0 Å². The quantitative estimate of drug-likeness (QED) is 0.317. The highest BCUT2D eigenvalue weighted by molar-refractivity contribution is 6.02. The first kappa shape index (κ1) is 45.3. The van der Waals surface area contributed by atoms with Crippen LogP contribution in [0.4, 0.5) is 8.78 Å². The first-order valence-electron chi connectivity index (χ1n) is 22.8. The lowest BCUT2D eigenvalue weighted by Crippen LogP contribution is -2.70. The Morgan fingerprint density at radius 2 is 1.08 bits per heavy atom. The highest BCUT2D eigenvalue weighted by Gasteiger charge is 2.82. The van der Waals surface area contributed by atoms with Gasteiger partial charge in [0.15, 0.2) is 57.2 Å². The fourth-order valence-electron chi connectivity index (χ4n) is 16.0. The molecule has 2 aliphatic heterocycles. The van der Waals surface area contributed by atoms with Gasteiger partial charge in [-0.05, 0) is 129 Å². The van der Waals surface area contributed by atoms with Crippen LogP contribution in [0.25, 0.3) is 0 Å². The van der Waals surface area contributed by atoms with Crippen molar-refractivity contribution in [2.75, 3.05) is 20.3 Å². The maximum absolute atomic E-state index is 17.2. The van der Waals surface area contributed by atoms with Crippen molar-refractivity contribution in [2.45, 2.75) is 165 Å². The van der Waals surface area contributed by atoms with Crippen LogP contribution < -0.4 is 0 Å². The van der Waals surface area contributed by atoms with Gasteiger partial charge in [-0.25, -0.2) is 8.78 Å². The van der Waals surface area contributed by atoms with Crippen LogP contribution in [0.1, 0.15) is 107 Å². The lowest BCUT2D eigenvalue weighted by atomic mass is 9.44. The van der Waals surface area contributed by atoms with Crippen molar-refractivity contribution in [1.82, 2.24) is 0 Å². The molecule has 16 atom stereocenters. The zero-order chi connectivity index (χ0) is 45.9. The van der Waals surface area contributed by atoms with E-state index in [4.69, 9.17) is 23.7 Å². The third-order valence-electron chi connectivity index (χ3n) is 18.5. The fraction of sp³-hybridized carbons (Fsp3) is 0.755. The van der Waals surface area contributed by atoms with Crippen LogP contribution >= 0.6 is 0 Å². The summed E-state index contributed by atoms with van der Waals surface area (Å²) in [5, 5.41) is 32.6. The average molecular weight is 883 g/mol. The van der Waals surface area contributed by atoms with Gasteiger partial charge in [0, 0.05) is 40.6 Å². The van der Waals surface area contributed by atoms with Gasteiger partial charge in [0.05, 0.1) is 24.4 Å². The fourth-order valence-corrected chi connectivity index (χ4v) is 16.0. The zero-order valence-corrected chi connectivity index (χ0v) is 37.9. The van der Waals surface area contributed by atoms with Gasteiger partial charge in [0.1, 0.15) is 13.2 Å². The monoisotopic (exact) mass is 882 g/mol. The number of Topliss-reactive ketones (excluding diaryl/α,β-unsaturated/α-hetero) is 2. The molecule has 10 aliphatic rings. The average Bonchev–Trinajstić information content (AvgIpc) is 3.81. The number of aliphatic hydroxyl groups excluding tert-OH is 3. The maximum Gasteiger partial charge on any atom is 0.193 e. The molecule has 8 fully saturated rings. The van der Waals surface area contributed by atoms with Crippen LogP contribution in [0.15, 0.2) is 47.6 Å². The molecule has 0 radical (unpaired) electrons. The highest BCUT2D eigenvalue weighted by atomic mass is 19.1. The van der Waals surface area contributed by atoms with Crippen LogP contribution in [-0.2, 0) is 42.9 Å². The van der Waals surface area contributed by atoms with E-state index in [0.29, 0.717) is 38.5 Å². The Bertz CT molecular complexity index is 2160. The van der Waals surface area contributed by atoms with Gasteiger partial charge in [0.25, 0.3) is 0 Å². The normalized spacial score (nSPS) is 51.5. The Morgan fingerprint density at radius 3 is 1.46 bits per heavy atom. The smallest absolute Gasteiger partial charge is 0.193 e. The van der Waals surface area contributed by atoms with E-state index in [0.717, 1.165) is 11.1 Å². The molecule has 63 heavy (non-hydrogen) atoms. The molecule has 3 N–H and O–H groups in total. The number of aliphatic hydroxyl groups is 3. The Hall–Kier alpha value is -2.82. The van der Waals surface area contributed by atoms with Crippen LogP contribution in [0, 0.1) is 45.3 Å². The molecule has 0 amide bonds. The Labute approximate surface area is 367 Å². The van der Waals surface area contributed by atoms with Crippen LogP contribution in [0.2, 0.25) is 0 Å². The number of ether oxygens (including phenoxy) is 5. The topological polar surface area (TPSA) is 175 Å². The second kappa shape index (κ2) is 13.9. The summed E-state index contributed by atoms with van der Waals surface area (Å²) in [6, 6.07) is 0. The van der Waals surface area contributed by atoms with Gasteiger partial charge in [-0.2, -0.15) is 0 Å². The van der Waals surface area contributed by atoms with Crippen LogP contribution in [0.5, 0.6) is 0 Å². The maximum atomic E-state index is 17.2. The Morgan fingerprint density at radius 1 is 0.683 bits per heavy atom. The minimum absolute atomic E-state index is 0.0109. The SMILES string of the molecule is CC1(C)O[C@@H]2C[C@H]3[C@@H]4CCC5=CC(=O)C=C[C@]5(C)[C@@]4(F)[C@@H](O)C[C@]3(C)[C@]2(C(=O)CO)O1.COCC(=O)[C@@]12OC(C)(C)O[C@@H]1C[C@H]1[C@@H]3CCC4=CC(=O)C=C[C@]4(C)[C@@]3(F)[C@@H](O)C[C@@]12C. The number of carbonyl (C=O) groups excluding carboxylic acids is 4. The summed E-state index contributed by atoms with van der Waals surface area (Å²) in [5.74, 6) is -4.49. The minimum atomic E-state index is -1.98. The molecule has 14 heteroatoms. The van der Waals surface area contributed by atoms with Crippen LogP contribution in [0.3, 0.4) is 0 Å². The van der Waals surface area contributed by atoms with E-state index in [1.165, 1.54) is 31.4 Å². The predicted octanol–water partition coefficient (Wildman–Crippen LogP) is 5.49. The van der Waals surface area contributed by atoms with E-state index < -0.39 is 104 Å². The van der Waals surface area contributed by atoms with Crippen molar-refractivity contribution < 1.29 is 67.0 Å². The lowest BCUT2D eigenvalue weighted by Gasteiger charge is -2.62. The summed E-state index contributed by atoms with van der Waals surface area (Å²) < 4.78 is 64.5. The van der Waals surface area contributed by atoms with Gasteiger partial charge in [-0.3, -0.25) is 19.2 Å². The number of hydrogen-bond acceptors (Lipinski definition) is 12. The number of ketones is 4. The standard InChI is InChI=1S/C25H33FO6.C24H31FO6/c1-21(2)31-20-11-17-16-7-6-14-10-15(27)8-9-22(14,3)24(16,26)18(28)12-23(17,4)25(20,32-21)19(29)13-30-5;1-20(2)30-19-10-16-15-6-5-13-9-14(27)7-8-21(13,3)23(15,25)17(28)11-22(16,4)24(19,31-20)18(29)12-26/h8-10,16-18,20,28H,6-7,11-13H2,1-5H3;7-9,15-17,19,26,28H,5-6,10-12H2,1-4H3/t16-,17-,18-,20+,22-,23-,24-,25+;15-,16-,17-,19+,21-,22-,23-,24+/m00/s1. The molecule has 8 aliphatic carbocycles. The number of methoxy groups -OCH3 is 1. The van der Waals surface area contributed by atoms with E-state index in [2.05, 4.69) is 0 Å². The number of carbonyl (C=O) groups is 4. The van der Waals surface area contributed by atoms with Gasteiger partial charge in [-0.1, -0.05) is 37.1 Å². The molecule has 346 valence electrons. The highest BCUT2D eigenvalue weighted by Crippen LogP contribution is 2.74. The largest absolute Gasteiger partial charge is 0.390 e. The summed E-state index contributed by atoms with van der Waals surface area (Å²) in [6.07, 6.45) is 8.36. The summed E-state index contributed by atoms with van der Waals surface area (Å²) in [5.41, 5.74) is -9.04. The van der Waals surface area contributed by atoms with E-state index in [1.54, 1.807) is 53.7 Å². The molecule has 0 unspecified atom stereocenters. The predicted molar refractivity (Wildman–Crippen MR) is 222 cm³/mol. The summed E-state index contributed by atoms with van der Waals surface area (Å²) in [4.78, 5) is 50.6. The second-order valence-electron chi connectivity index (χ2n) is 22.1. The van der Waals surface area contributed by atoms with Crippen LogP contribution in [-0.4, -0.2) is 117 Å². The van der Waals surface area contributed by atoms with E-state index in [-0.39, 0.29) is 48.6 Å².